The second-order valence-corrected chi connectivity index (χ2v) is 6.85. The number of imide groups is 1. The molecule has 0 aromatic heterocycles. The van der Waals surface area contributed by atoms with Crippen molar-refractivity contribution in [1.82, 2.24) is 0 Å². The number of nitrogens with zero attached hydrogens (tertiary/aromatic N) is 1. The molecule has 1 heterocycles. The number of hydrogen-bond acceptors (Lipinski definition) is 4. The minimum Gasteiger partial charge on any atom is -0.508 e. The molecule has 1 saturated heterocycles. The summed E-state index contributed by atoms with van der Waals surface area (Å²) in [5, 5.41) is 9.00. The predicted octanol–water partition coefficient (Wildman–Crippen LogP) is 4.76. The van der Waals surface area contributed by atoms with Crippen molar-refractivity contribution >= 4 is 34.7 Å². The maximum atomic E-state index is 12.5. The van der Waals surface area contributed by atoms with Gasteiger partial charge in [-0.15, -0.1) is 0 Å². The summed E-state index contributed by atoms with van der Waals surface area (Å²) in [7, 11) is 0. The molecule has 24 heavy (non-hydrogen) atoms. The zero-order valence-corrected chi connectivity index (χ0v) is 14.2. The maximum Gasteiger partial charge on any atom is 0.298 e. The first-order valence-corrected chi connectivity index (χ1v) is 8.44. The molecule has 0 aliphatic carbocycles. The molecular weight excluding hydrogens is 322 g/mol. The van der Waals surface area contributed by atoms with Gasteiger partial charge in [0.15, 0.2) is 0 Å². The first-order chi connectivity index (χ1) is 11.5. The van der Waals surface area contributed by atoms with E-state index in [-0.39, 0.29) is 16.9 Å². The van der Waals surface area contributed by atoms with Gasteiger partial charge in [0, 0.05) is 0 Å². The van der Waals surface area contributed by atoms with E-state index in [0.717, 1.165) is 22.2 Å². The molecule has 0 radical (unpaired) electrons. The van der Waals surface area contributed by atoms with Gasteiger partial charge >= 0.3 is 0 Å². The maximum absolute atomic E-state index is 12.5. The third-order valence-corrected chi connectivity index (χ3v) is 4.67. The zero-order chi connectivity index (χ0) is 17.3. The smallest absolute Gasteiger partial charge is 0.298 e. The fourth-order valence-electron chi connectivity index (χ4n) is 2.42. The lowest BCUT2D eigenvalue weighted by molar-refractivity contribution is -0.113. The van der Waals surface area contributed by atoms with Crippen LogP contribution in [0, 0.1) is 0 Å². The number of aromatic hydroxyl groups is 1. The quantitative estimate of drug-likeness (QED) is 0.819. The Morgan fingerprint density at radius 2 is 1.62 bits per heavy atom. The number of phenolic OH excluding ortho intramolecular Hbond substituents is 1. The molecule has 0 spiro atoms. The van der Waals surface area contributed by atoms with Crippen LogP contribution in [0.4, 0.5) is 10.5 Å². The Morgan fingerprint density at radius 3 is 2.21 bits per heavy atom. The average Bonchev–Trinajstić information content (AvgIpc) is 2.83. The summed E-state index contributed by atoms with van der Waals surface area (Å²) in [4.78, 5) is 26.2. The number of carbonyl (C=O) groups is 2. The van der Waals surface area contributed by atoms with Crippen molar-refractivity contribution in [3.8, 4) is 5.75 Å². The van der Waals surface area contributed by atoms with Crippen LogP contribution in [-0.4, -0.2) is 16.3 Å². The van der Waals surface area contributed by atoms with Gasteiger partial charge in [0.2, 0.25) is 0 Å². The topological polar surface area (TPSA) is 57.6 Å². The third kappa shape index (κ3) is 3.21. The Labute approximate surface area is 144 Å². The van der Waals surface area contributed by atoms with E-state index in [9.17, 15) is 14.7 Å². The van der Waals surface area contributed by atoms with Crippen molar-refractivity contribution in [3.63, 3.8) is 0 Å². The van der Waals surface area contributed by atoms with Crippen molar-refractivity contribution in [3.05, 3.63) is 64.6 Å². The zero-order valence-electron chi connectivity index (χ0n) is 13.4. The number of thioether (sulfide) groups is 1. The minimum atomic E-state index is -0.344. The summed E-state index contributed by atoms with van der Waals surface area (Å²) in [6, 6.07) is 14.0. The monoisotopic (exact) mass is 339 g/mol. The van der Waals surface area contributed by atoms with Crippen molar-refractivity contribution in [2.24, 2.45) is 0 Å². The molecule has 5 heteroatoms. The SMILES string of the molecule is CC(C)c1ccc(/C=C2\SC(=O)N(c3ccc(O)cc3)C2=O)cc1. The lowest BCUT2D eigenvalue weighted by atomic mass is 10.0. The highest BCUT2D eigenvalue weighted by molar-refractivity contribution is 8.19. The average molecular weight is 339 g/mol. The molecule has 3 rings (SSSR count). The van der Waals surface area contributed by atoms with Crippen LogP contribution in [0.5, 0.6) is 5.75 Å². The van der Waals surface area contributed by atoms with Gasteiger partial charge in [0.05, 0.1) is 10.6 Å². The molecule has 4 nitrogen and oxygen atoms in total. The lowest BCUT2D eigenvalue weighted by Crippen LogP contribution is -2.27. The van der Waals surface area contributed by atoms with Gasteiger partial charge in [-0.1, -0.05) is 38.1 Å². The van der Waals surface area contributed by atoms with E-state index in [1.165, 1.54) is 17.7 Å². The van der Waals surface area contributed by atoms with Crippen LogP contribution in [0.25, 0.3) is 6.08 Å². The molecule has 0 bridgehead atoms. The molecule has 1 aliphatic heterocycles. The van der Waals surface area contributed by atoms with Gasteiger partial charge in [-0.05, 0) is 59.1 Å². The van der Waals surface area contributed by atoms with Gasteiger partial charge in [0.25, 0.3) is 11.1 Å². The molecule has 1 aliphatic rings. The van der Waals surface area contributed by atoms with Crippen molar-refractivity contribution in [2.75, 3.05) is 4.90 Å². The predicted molar refractivity (Wildman–Crippen MR) is 97.1 cm³/mol. The summed E-state index contributed by atoms with van der Waals surface area (Å²) < 4.78 is 0. The molecule has 122 valence electrons. The van der Waals surface area contributed by atoms with E-state index in [1.807, 2.05) is 24.3 Å². The second kappa shape index (κ2) is 6.53. The van der Waals surface area contributed by atoms with Crippen molar-refractivity contribution in [1.29, 1.82) is 0 Å². The molecule has 0 atom stereocenters. The van der Waals surface area contributed by atoms with Crippen LogP contribution in [0.1, 0.15) is 30.9 Å². The van der Waals surface area contributed by atoms with Gasteiger partial charge in [-0.25, -0.2) is 4.90 Å². The summed E-state index contributed by atoms with van der Waals surface area (Å²) in [5.41, 5.74) is 2.56. The van der Waals surface area contributed by atoms with E-state index >= 15 is 0 Å². The highest BCUT2D eigenvalue weighted by Gasteiger charge is 2.36. The second-order valence-electron chi connectivity index (χ2n) is 5.85. The highest BCUT2D eigenvalue weighted by atomic mass is 32.2. The molecule has 2 aromatic carbocycles. The van der Waals surface area contributed by atoms with Crippen LogP contribution in [0.15, 0.2) is 53.4 Å². The molecule has 1 fully saturated rings. The van der Waals surface area contributed by atoms with Crippen LogP contribution in [0.2, 0.25) is 0 Å². The first-order valence-electron chi connectivity index (χ1n) is 7.62. The lowest BCUT2D eigenvalue weighted by Gasteiger charge is -2.12. The first kappa shape index (κ1) is 16.3. The Balaban J connectivity index is 1.86. The van der Waals surface area contributed by atoms with Crippen LogP contribution in [0.3, 0.4) is 0 Å². The van der Waals surface area contributed by atoms with E-state index < -0.39 is 0 Å². The molecular formula is C19H17NO3S. The highest BCUT2D eigenvalue weighted by Crippen LogP contribution is 2.36. The molecule has 2 aromatic rings. The Morgan fingerprint density at radius 1 is 1.00 bits per heavy atom. The number of carbonyl (C=O) groups excluding carboxylic acids is 2. The van der Waals surface area contributed by atoms with E-state index in [2.05, 4.69) is 13.8 Å². The standard InChI is InChI=1S/C19H17NO3S/c1-12(2)14-5-3-13(4-6-14)11-17-18(22)20(19(23)24-17)15-7-9-16(21)10-8-15/h3-12,21H,1-2H3/b17-11-. The molecule has 1 N–H and O–H groups in total. The molecule has 0 unspecified atom stereocenters. The summed E-state index contributed by atoms with van der Waals surface area (Å²) in [5.74, 6) is 0.191. The number of amides is 2. The van der Waals surface area contributed by atoms with Crippen LogP contribution in [-0.2, 0) is 4.79 Å². The summed E-state index contributed by atoms with van der Waals surface area (Å²) in [6.45, 7) is 4.25. The van der Waals surface area contributed by atoms with Crippen molar-refractivity contribution < 1.29 is 14.7 Å². The fourth-order valence-corrected chi connectivity index (χ4v) is 3.26. The third-order valence-electron chi connectivity index (χ3n) is 3.80. The minimum absolute atomic E-state index is 0.0894. The van der Waals surface area contributed by atoms with Gasteiger partial charge in [-0.3, -0.25) is 9.59 Å². The van der Waals surface area contributed by atoms with Gasteiger partial charge < -0.3 is 5.11 Å². The fraction of sp³-hybridized carbons (Fsp3) is 0.158. The van der Waals surface area contributed by atoms with Crippen LogP contribution >= 0.6 is 11.8 Å². The molecule has 2 amide bonds. The van der Waals surface area contributed by atoms with E-state index in [1.54, 1.807) is 18.2 Å². The Kier molecular flexibility index (Phi) is 4.44. The molecule has 0 saturated carbocycles. The Bertz CT molecular complexity index is 808. The number of rotatable bonds is 3. The summed E-state index contributed by atoms with van der Waals surface area (Å²) in [6.07, 6.45) is 1.73. The van der Waals surface area contributed by atoms with Crippen LogP contribution < -0.4 is 4.90 Å². The van der Waals surface area contributed by atoms with E-state index in [4.69, 9.17) is 0 Å². The normalized spacial score (nSPS) is 16.5. The number of anilines is 1. The van der Waals surface area contributed by atoms with E-state index in [0.29, 0.717) is 16.5 Å². The Hall–Kier alpha value is -2.53. The number of benzene rings is 2. The largest absolute Gasteiger partial charge is 0.508 e. The van der Waals surface area contributed by atoms with Gasteiger partial charge in [-0.2, -0.15) is 0 Å². The number of hydrogen-bond donors (Lipinski definition) is 1. The summed E-state index contributed by atoms with van der Waals surface area (Å²) >= 11 is 0.922. The number of phenols is 1. The van der Waals surface area contributed by atoms with Gasteiger partial charge in [0.1, 0.15) is 5.75 Å². The van der Waals surface area contributed by atoms with Crippen molar-refractivity contribution in [2.45, 2.75) is 19.8 Å².